The standard InChI is InChI=1S/2C11H12N4S.2C6H5.Sn/c2*1-15(2)10-5-3-9(4-6-10)8-13-14-11(16)7-12;2*1-2-4-6-5-3-1;/h2*3-6,8H,1-2H3,(H,14,16);2*1-5H;/q;;;;+2/p-2/b2*13-8+;;;. The van der Waals surface area contributed by atoms with Crippen LogP contribution in [0.5, 0.6) is 0 Å². The van der Waals surface area contributed by atoms with E-state index in [1.807, 2.05) is 123 Å². The van der Waals surface area contributed by atoms with Crippen LogP contribution in [0.15, 0.2) is 130 Å². The zero-order valence-electron chi connectivity index (χ0n) is 25.4. The van der Waals surface area contributed by atoms with Crippen molar-refractivity contribution in [2.24, 2.45) is 20.4 Å². The number of nitrogens with zero attached hydrogens (tertiary/aromatic N) is 8. The molecule has 0 aliphatic heterocycles. The number of anilines is 2. The van der Waals surface area contributed by atoms with Crippen LogP contribution in [-0.2, 0) is 0 Å². The molecule has 4 aromatic rings. The summed E-state index contributed by atoms with van der Waals surface area (Å²) in [4.78, 5) is 4.04. The van der Waals surface area contributed by atoms with Crippen molar-refractivity contribution < 1.29 is 0 Å². The summed E-state index contributed by atoms with van der Waals surface area (Å²) in [7, 11) is 10.8. The molecule has 0 bridgehead atoms. The van der Waals surface area contributed by atoms with Gasteiger partial charge in [0, 0.05) is 0 Å². The van der Waals surface area contributed by atoms with Crippen molar-refractivity contribution in [2.45, 2.75) is 0 Å². The molecule has 4 rings (SSSR count). The van der Waals surface area contributed by atoms with E-state index in [4.69, 9.17) is 0 Å². The molecular formula is C34H32N8S2Sn. The SMILES string of the molecule is CN(C)c1ccc(/C=N/N=C(/C#N)[S][Sn]([S]/C(C#N)=N/N=C/c2ccc(N(C)C)cc2)([c]2ccccc2)[c]2ccccc2)cc1. The third-order valence-corrected chi connectivity index (χ3v) is 32.0. The number of hydrogen-bond donors (Lipinski definition) is 0. The quantitative estimate of drug-likeness (QED) is 0.0890. The first-order chi connectivity index (χ1) is 21.8. The van der Waals surface area contributed by atoms with E-state index in [0.717, 1.165) is 29.7 Å². The maximum atomic E-state index is 10.2. The maximum absolute atomic E-state index is 10.2. The zero-order chi connectivity index (χ0) is 32.1. The predicted molar refractivity (Wildman–Crippen MR) is 196 cm³/mol. The van der Waals surface area contributed by atoms with Gasteiger partial charge in [-0.25, -0.2) is 0 Å². The van der Waals surface area contributed by atoms with Gasteiger partial charge in [0.25, 0.3) is 0 Å². The Morgan fingerprint density at radius 1 is 0.578 bits per heavy atom. The summed E-state index contributed by atoms with van der Waals surface area (Å²) in [5.41, 5.74) is 3.89. The number of nitriles is 2. The van der Waals surface area contributed by atoms with Crippen molar-refractivity contribution in [1.29, 1.82) is 10.5 Å². The van der Waals surface area contributed by atoms with Crippen LogP contribution < -0.4 is 17.0 Å². The summed E-state index contributed by atoms with van der Waals surface area (Å²) < 4.78 is 2.12. The van der Waals surface area contributed by atoms with Gasteiger partial charge in [-0.2, -0.15) is 0 Å². The second kappa shape index (κ2) is 16.6. The molecule has 0 heterocycles. The summed E-state index contributed by atoms with van der Waals surface area (Å²) in [6, 6.07) is 40.3. The molecule has 0 spiro atoms. The van der Waals surface area contributed by atoms with Gasteiger partial charge < -0.3 is 0 Å². The van der Waals surface area contributed by atoms with Crippen LogP contribution in [0, 0.1) is 22.7 Å². The molecule has 0 aliphatic carbocycles. The fourth-order valence-electron chi connectivity index (χ4n) is 4.15. The van der Waals surface area contributed by atoms with Gasteiger partial charge in [-0.1, -0.05) is 0 Å². The first-order valence-electron chi connectivity index (χ1n) is 13.9. The van der Waals surface area contributed by atoms with E-state index in [-0.39, 0.29) is 10.1 Å². The molecule has 0 aromatic heterocycles. The second-order valence-electron chi connectivity index (χ2n) is 10.0. The van der Waals surface area contributed by atoms with Crippen LogP contribution in [0.2, 0.25) is 0 Å². The Morgan fingerprint density at radius 3 is 1.24 bits per heavy atom. The fraction of sp³-hybridized carbons (Fsp3) is 0.118. The van der Waals surface area contributed by atoms with E-state index in [1.54, 1.807) is 12.4 Å². The molecule has 0 N–H and O–H groups in total. The number of hydrogen-bond acceptors (Lipinski definition) is 10. The molecule has 0 saturated carbocycles. The molecule has 0 fully saturated rings. The summed E-state index contributed by atoms with van der Waals surface area (Å²) >= 11 is -4.09. The number of benzene rings is 4. The van der Waals surface area contributed by atoms with E-state index >= 15 is 0 Å². The van der Waals surface area contributed by atoms with Gasteiger partial charge in [-0.15, -0.1) is 0 Å². The van der Waals surface area contributed by atoms with Crippen molar-refractivity contribution in [3.63, 3.8) is 0 Å². The Balaban J connectivity index is 1.71. The Bertz CT molecular complexity index is 1620. The minimum atomic E-state index is -4.09. The molecule has 45 heavy (non-hydrogen) atoms. The van der Waals surface area contributed by atoms with Crippen LogP contribution in [0.4, 0.5) is 11.4 Å². The van der Waals surface area contributed by atoms with Crippen LogP contribution in [0.25, 0.3) is 0 Å². The molecule has 11 heteroatoms. The van der Waals surface area contributed by atoms with Crippen molar-refractivity contribution in [3.05, 3.63) is 120 Å². The fourth-order valence-corrected chi connectivity index (χ4v) is 28.2. The molecule has 0 radical (unpaired) electrons. The van der Waals surface area contributed by atoms with Crippen LogP contribution in [-0.4, -0.2) is 66.3 Å². The molecule has 224 valence electrons. The molecule has 0 saturated heterocycles. The second-order valence-corrected chi connectivity index (χ2v) is 31.5. The monoisotopic (exact) mass is 736 g/mol. The van der Waals surface area contributed by atoms with E-state index in [1.165, 1.54) is 17.9 Å². The topological polar surface area (TPSA) is 103 Å². The molecule has 0 unspecified atom stereocenters. The molecular weight excluding hydrogens is 703 g/mol. The molecule has 4 aromatic carbocycles. The van der Waals surface area contributed by atoms with E-state index in [9.17, 15) is 10.5 Å². The Labute approximate surface area is 274 Å². The first-order valence-corrected chi connectivity index (χ1v) is 25.4. The normalized spacial score (nSPS) is 12.2. The predicted octanol–water partition coefficient (Wildman–Crippen LogP) is 5.75. The van der Waals surface area contributed by atoms with Gasteiger partial charge in [0.1, 0.15) is 0 Å². The number of rotatable bonds is 10. The summed E-state index contributed by atoms with van der Waals surface area (Å²) in [6.45, 7) is 0. The summed E-state index contributed by atoms with van der Waals surface area (Å²) in [5.74, 6) is 0. The van der Waals surface area contributed by atoms with Gasteiger partial charge in [-0.05, 0) is 0 Å². The Kier molecular flexibility index (Phi) is 12.4. The van der Waals surface area contributed by atoms with E-state index in [0.29, 0.717) is 0 Å². The van der Waals surface area contributed by atoms with E-state index < -0.39 is 15.6 Å². The van der Waals surface area contributed by atoms with E-state index in [2.05, 4.69) is 56.8 Å². The molecule has 8 nitrogen and oxygen atoms in total. The van der Waals surface area contributed by atoms with Gasteiger partial charge in [-0.3, -0.25) is 0 Å². The van der Waals surface area contributed by atoms with Gasteiger partial charge in [0.15, 0.2) is 0 Å². The average Bonchev–Trinajstić information content (AvgIpc) is 3.08. The van der Waals surface area contributed by atoms with Crippen LogP contribution in [0.3, 0.4) is 0 Å². The van der Waals surface area contributed by atoms with Crippen molar-refractivity contribution in [2.75, 3.05) is 38.0 Å². The molecule has 0 atom stereocenters. The average molecular weight is 736 g/mol. The zero-order valence-corrected chi connectivity index (χ0v) is 29.9. The summed E-state index contributed by atoms with van der Waals surface area (Å²) in [6.07, 6.45) is 3.27. The third-order valence-electron chi connectivity index (χ3n) is 6.51. The van der Waals surface area contributed by atoms with Crippen molar-refractivity contribution in [3.8, 4) is 12.1 Å². The molecule has 0 aliphatic rings. The summed E-state index contributed by atoms with van der Waals surface area (Å²) in [5, 5.41) is 38.1. The van der Waals surface area contributed by atoms with Crippen LogP contribution in [0.1, 0.15) is 11.1 Å². The Hall–Kier alpha value is -4.36. The molecule has 0 amide bonds. The third kappa shape index (κ3) is 9.32. The van der Waals surface area contributed by atoms with Crippen molar-refractivity contribution >= 4 is 74.6 Å². The van der Waals surface area contributed by atoms with Crippen LogP contribution >= 0.6 is 17.9 Å². The van der Waals surface area contributed by atoms with Gasteiger partial charge in [0.05, 0.1) is 0 Å². The van der Waals surface area contributed by atoms with Gasteiger partial charge in [0.2, 0.25) is 0 Å². The van der Waals surface area contributed by atoms with Crippen molar-refractivity contribution in [1.82, 2.24) is 0 Å². The Morgan fingerprint density at radius 2 is 0.933 bits per heavy atom. The minimum absolute atomic E-state index is 0.217. The first kappa shape index (κ1) is 33.5. The van der Waals surface area contributed by atoms with Gasteiger partial charge >= 0.3 is 276 Å².